The molecular weight excluding hydrogens is 224 g/mol. The first-order chi connectivity index (χ1) is 7.28. The summed E-state index contributed by atoms with van der Waals surface area (Å²) < 4.78 is 0. The lowest BCUT2D eigenvalue weighted by Gasteiger charge is -2.17. The van der Waals surface area contributed by atoms with Crippen molar-refractivity contribution in [2.75, 3.05) is 11.1 Å². The summed E-state index contributed by atoms with van der Waals surface area (Å²) in [5.74, 6) is -0.0424. The molecule has 0 radical (unpaired) electrons. The van der Waals surface area contributed by atoms with Crippen LogP contribution in [0.15, 0.2) is 18.2 Å². The molecule has 0 aliphatic rings. The van der Waals surface area contributed by atoms with Crippen LogP contribution in [-0.4, -0.2) is 5.91 Å². The second-order valence-corrected chi connectivity index (χ2v) is 5.43. The summed E-state index contributed by atoms with van der Waals surface area (Å²) >= 11 is 5.95. The van der Waals surface area contributed by atoms with Gasteiger partial charge in [-0.3, -0.25) is 4.79 Å². The van der Waals surface area contributed by atoms with Crippen molar-refractivity contribution in [2.45, 2.75) is 27.2 Å². The first kappa shape index (κ1) is 12.8. The van der Waals surface area contributed by atoms with Crippen LogP contribution in [0.5, 0.6) is 0 Å². The van der Waals surface area contributed by atoms with Crippen molar-refractivity contribution in [1.29, 1.82) is 0 Å². The highest BCUT2D eigenvalue weighted by Gasteiger charge is 2.16. The Labute approximate surface area is 101 Å². The summed E-state index contributed by atoms with van der Waals surface area (Å²) in [5.41, 5.74) is 6.71. The summed E-state index contributed by atoms with van der Waals surface area (Å²) in [4.78, 5) is 11.7. The van der Waals surface area contributed by atoms with Gasteiger partial charge in [0.05, 0.1) is 10.7 Å². The number of nitrogens with one attached hydrogen (secondary N) is 1. The van der Waals surface area contributed by atoms with E-state index in [9.17, 15) is 4.79 Å². The first-order valence-corrected chi connectivity index (χ1v) is 5.50. The Kier molecular flexibility index (Phi) is 3.81. The fourth-order valence-electron chi connectivity index (χ4n) is 1.31. The topological polar surface area (TPSA) is 55.1 Å². The highest BCUT2D eigenvalue weighted by atomic mass is 35.5. The summed E-state index contributed by atoms with van der Waals surface area (Å²) in [7, 11) is 0. The lowest BCUT2D eigenvalue weighted by molar-refractivity contribution is -0.117. The van der Waals surface area contributed by atoms with Crippen molar-refractivity contribution in [1.82, 2.24) is 0 Å². The molecule has 0 saturated heterocycles. The zero-order valence-corrected chi connectivity index (χ0v) is 10.6. The Bertz CT molecular complexity index is 396. The smallest absolute Gasteiger partial charge is 0.224 e. The average molecular weight is 241 g/mol. The molecular formula is C12H17ClN2O. The van der Waals surface area contributed by atoms with E-state index in [1.807, 2.05) is 20.8 Å². The van der Waals surface area contributed by atoms with Gasteiger partial charge >= 0.3 is 0 Å². The standard InChI is InChI=1S/C12H17ClN2O/c1-12(2,3)7-11(16)15-10-5-4-8(14)6-9(10)13/h4-6H,7,14H2,1-3H3,(H,15,16). The lowest BCUT2D eigenvalue weighted by Crippen LogP contribution is -2.19. The van der Waals surface area contributed by atoms with Gasteiger partial charge in [-0.2, -0.15) is 0 Å². The number of amides is 1. The Balaban J connectivity index is 2.70. The number of anilines is 2. The molecule has 0 atom stereocenters. The van der Waals surface area contributed by atoms with Crippen LogP contribution in [0.3, 0.4) is 0 Å². The van der Waals surface area contributed by atoms with Gasteiger partial charge in [-0.25, -0.2) is 0 Å². The van der Waals surface area contributed by atoms with Crippen LogP contribution in [0, 0.1) is 5.41 Å². The number of carbonyl (C=O) groups excluding carboxylic acids is 1. The van der Waals surface area contributed by atoms with Crippen LogP contribution in [-0.2, 0) is 4.79 Å². The second kappa shape index (κ2) is 4.74. The van der Waals surface area contributed by atoms with Crippen molar-refractivity contribution < 1.29 is 4.79 Å². The molecule has 3 nitrogen and oxygen atoms in total. The normalized spacial score (nSPS) is 11.2. The Hall–Kier alpha value is -1.22. The van der Waals surface area contributed by atoms with Gasteiger partial charge in [-0.1, -0.05) is 32.4 Å². The zero-order chi connectivity index (χ0) is 12.3. The molecule has 1 amide bonds. The molecule has 3 N–H and O–H groups in total. The van der Waals surface area contributed by atoms with Crippen LogP contribution in [0.2, 0.25) is 5.02 Å². The van der Waals surface area contributed by atoms with Crippen molar-refractivity contribution in [3.05, 3.63) is 23.2 Å². The molecule has 1 rings (SSSR count). The van der Waals surface area contributed by atoms with E-state index in [0.717, 1.165) is 0 Å². The fourth-order valence-corrected chi connectivity index (χ4v) is 1.55. The summed E-state index contributed by atoms with van der Waals surface area (Å²) in [6.07, 6.45) is 0.452. The highest BCUT2D eigenvalue weighted by molar-refractivity contribution is 6.34. The number of hydrogen-bond acceptors (Lipinski definition) is 2. The molecule has 0 aliphatic carbocycles. The van der Waals surface area contributed by atoms with Gasteiger partial charge in [0.25, 0.3) is 0 Å². The van der Waals surface area contributed by atoms with Crippen molar-refractivity contribution in [2.24, 2.45) is 5.41 Å². The van der Waals surface area contributed by atoms with Crippen molar-refractivity contribution in [3.63, 3.8) is 0 Å². The predicted molar refractivity (Wildman–Crippen MR) is 68.6 cm³/mol. The number of nitrogen functional groups attached to an aromatic ring is 1. The molecule has 0 aliphatic heterocycles. The van der Waals surface area contributed by atoms with E-state index in [1.165, 1.54) is 0 Å². The zero-order valence-electron chi connectivity index (χ0n) is 9.80. The molecule has 16 heavy (non-hydrogen) atoms. The quantitative estimate of drug-likeness (QED) is 0.780. The summed E-state index contributed by atoms with van der Waals surface area (Å²) in [6, 6.07) is 5.03. The van der Waals surface area contributed by atoms with Crippen LogP contribution < -0.4 is 11.1 Å². The van der Waals surface area contributed by atoms with Crippen molar-refractivity contribution >= 4 is 28.9 Å². The summed E-state index contributed by atoms with van der Waals surface area (Å²) in [5, 5.41) is 3.23. The third kappa shape index (κ3) is 4.11. The molecule has 0 fully saturated rings. The molecule has 1 aromatic rings. The number of carbonyl (C=O) groups is 1. The summed E-state index contributed by atoms with van der Waals surface area (Å²) in [6.45, 7) is 6.03. The molecule has 88 valence electrons. The fraction of sp³-hybridized carbons (Fsp3) is 0.417. The van der Waals surface area contributed by atoms with Crippen LogP contribution >= 0.6 is 11.6 Å². The number of rotatable bonds is 2. The van der Waals surface area contributed by atoms with E-state index in [2.05, 4.69) is 5.32 Å². The predicted octanol–water partition coefficient (Wildman–Crippen LogP) is 3.30. The van der Waals surface area contributed by atoms with E-state index < -0.39 is 0 Å². The first-order valence-electron chi connectivity index (χ1n) is 5.13. The molecule has 0 spiro atoms. The minimum Gasteiger partial charge on any atom is -0.399 e. The number of nitrogens with two attached hydrogens (primary N) is 1. The van der Waals surface area contributed by atoms with Gasteiger partial charge in [-0.05, 0) is 23.6 Å². The molecule has 4 heteroatoms. The number of benzene rings is 1. The average Bonchev–Trinajstić information content (AvgIpc) is 2.06. The minimum atomic E-state index is -0.0424. The van der Waals surface area contributed by atoms with Crippen LogP contribution in [0.4, 0.5) is 11.4 Å². The van der Waals surface area contributed by atoms with E-state index in [1.54, 1.807) is 18.2 Å². The monoisotopic (exact) mass is 240 g/mol. The Morgan fingerprint density at radius 1 is 1.44 bits per heavy atom. The molecule has 0 aromatic heterocycles. The van der Waals surface area contributed by atoms with E-state index >= 15 is 0 Å². The third-order valence-electron chi connectivity index (χ3n) is 1.96. The maximum Gasteiger partial charge on any atom is 0.224 e. The van der Waals surface area contributed by atoms with Gasteiger partial charge in [0.2, 0.25) is 5.91 Å². The SMILES string of the molecule is CC(C)(C)CC(=O)Nc1ccc(N)cc1Cl. The number of halogens is 1. The van der Waals surface area contributed by atoms with Gasteiger partial charge in [0.15, 0.2) is 0 Å². The van der Waals surface area contributed by atoms with Gasteiger partial charge in [0, 0.05) is 12.1 Å². The molecule has 1 aromatic carbocycles. The second-order valence-electron chi connectivity index (χ2n) is 5.02. The molecule has 0 unspecified atom stereocenters. The number of hydrogen-bond donors (Lipinski definition) is 2. The maximum absolute atomic E-state index is 11.7. The van der Waals surface area contributed by atoms with E-state index in [4.69, 9.17) is 17.3 Å². The minimum absolute atomic E-state index is 0.0373. The van der Waals surface area contributed by atoms with Crippen LogP contribution in [0.1, 0.15) is 27.2 Å². The van der Waals surface area contributed by atoms with Crippen LogP contribution in [0.25, 0.3) is 0 Å². The van der Waals surface area contributed by atoms with Crippen molar-refractivity contribution in [3.8, 4) is 0 Å². The Morgan fingerprint density at radius 2 is 2.06 bits per heavy atom. The maximum atomic E-state index is 11.7. The molecule has 0 heterocycles. The van der Waals surface area contributed by atoms with E-state index in [0.29, 0.717) is 22.8 Å². The largest absolute Gasteiger partial charge is 0.399 e. The van der Waals surface area contributed by atoms with Gasteiger partial charge < -0.3 is 11.1 Å². The third-order valence-corrected chi connectivity index (χ3v) is 2.27. The van der Waals surface area contributed by atoms with Gasteiger partial charge in [-0.15, -0.1) is 0 Å². The molecule has 0 saturated carbocycles. The van der Waals surface area contributed by atoms with Gasteiger partial charge in [0.1, 0.15) is 0 Å². The molecule has 0 bridgehead atoms. The highest BCUT2D eigenvalue weighted by Crippen LogP contribution is 2.25. The van der Waals surface area contributed by atoms with E-state index in [-0.39, 0.29) is 11.3 Å². The lowest BCUT2D eigenvalue weighted by atomic mass is 9.92. The Morgan fingerprint density at radius 3 is 2.56 bits per heavy atom.